The fourth-order valence-corrected chi connectivity index (χ4v) is 0. The summed E-state index contributed by atoms with van der Waals surface area (Å²) in [6.45, 7) is 0. The van der Waals surface area contributed by atoms with Crippen molar-refractivity contribution in [2.45, 2.75) is 0 Å². The van der Waals surface area contributed by atoms with E-state index >= 15 is 0 Å². The summed E-state index contributed by atoms with van der Waals surface area (Å²) in [5.74, 6) is 0. The second-order valence-electron chi connectivity index (χ2n) is 0. The zero-order chi connectivity index (χ0) is 0. The molecule has 0 atom stereocenters. The largest absolute Gasteiger partial charge is 1.00 e. The van der Waals surface area contributed by atoms with Gasteiger partial charge in [0.2, 0.25) is 0 Å². The van der Waals surface area contributed by atoms with Gasteiger partial charge in [0.25, 0.3) is 0 Å². The average molecular weight is 244 g/mol. The molecule has 0 aromatic rings. The Morgan fingerprint density at radius 2 is 1.20 bits per heavy atom. The van der Waals surface area contributed by atoms with Crippen LogP contribution in [0, 0.1) is 0 Å². The summed E-state index contributed by atoms with van der Waals surface area (Å²) in [5.41, 5.74) is 0. The van der Waals surface area contributed by atoms with Crippen molar-refractivity contribution in [3.8, 4) is 0 Å². The SMILES string of the molecule is [Co].[Cu].[H-].[Li+].[Mn].[Ni]. The van der Waals surface area contributed by atoms with Gasteiger partial charge in [-0.2, -0.15) is 0 Å². The van der Waals surface area contributed by atoms with Crippen molar-refractivity contribution in [2.24, 2.45) is 0 Å². The zero-order valence-electron chi connectivity index (χ0n) is 3.33. The molecular weight excluding hydrogens is 243 g/mol. The van der Waals surface area contributed by atoms with Crippen LogP contribution in [-0.2, 0) is 67.4 Å². The molecule has 0 aliphatic rings. The molecule has 0 saturated heterocycles. The summed E-state index contributed by atoms with van der Waals surface area (Å²) < 4.78 is 0. The first-order valence-corrected chi connectivity index (χ1v) is 0. The molecule has 0 amide bonds. The van der Waals surface area contributed by atoms with Crippen LogP contribution >= 0.6 is 0 Å². The Morgan fingerprint density at radius 3 is 1.20 bits per heavy atom. The summed E-state index contributed by atoms with van der Waals surface area (Å²) in [4.78, 5) is 0. The molecule has 0 aliphatic heterocycles. The Morgan fingerprint density at radius 1 is 1.20 bits per heavy atom. The third kappa shape index (κ3) is 20.5. The van der Waals surface area contributed by atoms with Gasteiger partial charge >= 0.3 is 18.9 Å². The summed E-state index contributed by atoms with van der Waals surface area (Å²) in [6, 6.07) is 0. The molecule has 0 rings (SSSR count). The van der Waals surface area contributed by atoms with Crippen molar-refractivity contribution in [3.63, 3.8) is 0 Å². The smallest absolute Gasteiger partial charge is 1.00 e. The molecule has 3 radical (unpaired) electrons. The first kappa shape index (κ1) is 48.4. The Kier molecular flexibility index (Phi) is 294. The molecule has 0 unspecified atom stereocenters. The van der Waals surface area contributed by atoms with E-state index < -0.39 is 0 Å². The maximum Gasteiger partial charge on any atom is 1.00 e. The van der Waals surface area contributed by atoms with Gasteiger partial charge in [0.1, 0.15) is 0 Å². The van der Waals surface area contributed by atoms with Crippen LogP contribution in [0.2, 0.25) is 0 Å². The maximum atomic E-state index is 0. The van der Waals surface area contributed by atoms with E-state index in [-0.39, 0.29) is 87.7 Å². The van der Waals surface area contributed by atoms with E-state index in [4.69, 9.17) is 0 Å². The van der Waals surface area contributed by atoms with Gasteiger partial charge in [-0.15, -0.1) is 0 Å². The van der Waals surface area contributed by atoms with Crippen LogP contribution < -0.4 is 18.9 Å². The Hall–Kier alpha value is 2.64. The van der Waals surface area contributed by atoms with Gasteiger partial charge in [0.15, 0.2) is 0 Å². The van der Waals surface area contributed by atoms with E-state index in [9.17, 15) is 0 Å². The monoisotopic (exact) mass is 243 g/mol. The van der Waals surface area contributed by atoms with Crippen LogP contribution in [0.4, 0.5) is 0 Å². The Labute approximate surface area is 86.7 Å². The van der Waals surface area contributed by atoms with E-state index in [1.807, 2.05) is 0 Å². The van der Waals surface area contributed by atoms with E-state index in [2.05, 4.69) is 0 Å². The van der Waals surface area contributed by atoms with Crippen LogP contribution in [0.5, 0.6) is 0 Å². The van der Waals surface area contributed by atoms with E-state index in [0.717, 1.165) is 0 Å². The van der Waals surface area contributed by atoms with Gasteiger partial charge in [-0.3, -0.25) is 0 Å². The Balaban J connectivity index is 0. The Bertz CT molecular complexity index is 15.5. The summed E-state index contributed by atoms with van der Waals surface area (Å²) >= 11 is 0. The predicted octanol–water partition coefficient (Wildman–Crippen LogP) is -2.89. The van der Waals surface area contributed by atoms with Crippen LogP contribution in [0.25, 0.3) is 0 Å². The van der Waals surface area contributed by atoms with Crippen molar-refractivity contribution in [3.05, 3.63) is 0 Å². The molecule has 0 nitrogen and oxygen atoms in total. The minimum atomic E-state index is 0. The minimum absolute atomic E-state index is 0. The van der Waals surface area contributed by atoms with Gasteiger partial charge in [-0.25, -0.2) is 0 Å². The third-order valence-corrected chi connectivity index (χ3v) is 0. The second-order valence-corrected chi connectivity index (χ2v) is 0. The third-order valence-electron chi connectivity index (χ3n) is 0. The van der Waals surface area contributed by atoms with Crippen LogP contribution in [0.3, 0.4) is 0 Å². The zero-order valence-corrected chi connectivity index (χ0v) is 6.48. The van der Waals surface area contributed by atoms with Crippen molar-refractivity contribution >= 4 is 0 Å². The van der Waals surface area contributed by atoms with Crippen LogP contribution in [-0.4, -0.2) is 0 Å². The molecule has 0 fully saturated rings. The maximum absolute atomic E-state index is 0. The minimum Gasteiger partial charge on any atom is -1.00 e. The van der Waals surface area contributed by atoms with Crippen molar-refractivity contribution in [1.82, 2.24) is 0 Å². The molecule has 0 saturated carbocycles. The van der Waals surface area contributed by atoms with Gasteiger partial charge in [0, 0.05) is 67.4 Å². The standard InChI is InChI=1S/Co.Cu.Li.Mn.Ni.H/q;;+1;;;-1. The molecule has 0 bridgehead atoms. The predicted molar refractivity (Wildman–Crippen MR) is 1.11 cm³/mol. The van der Waals surface area contributed by atoms with Gasteiger partial charge < -0.3 is 1.43 Å². The van der Waals surface area contributed by atoms with Crippen molar-refractivity contribution < 1.29 is 87.7 Å². The van der Waals surface area contributed by atoms with Gasteiger partial charge in [-0.05, 0) is 0 Å². The molecule has 5 heavy (non-hydrogen) atoms. The average Bonchev–Trinajstić information content (AvgIpc) is 0. The number of rotatable bonds is 0. The summed E-state index contributed by atoms with van der Waals surface area (Å²) in [5, 5.41) is 0. The number of hydrogen-bond acceptors (Lipinski definition) is 0. The molecule has 0 aromatic heterocycles. The molecule has 5 heteroatoms. The molecule has 0 N–H and O–H groups in total. The normalized spacial score (nSPS) is 0. The molecular formula is HCoCuLiMnNi. The second kappa shape index (κ2) is 30.3. The molecule has 0 heterocycles. The summed E-state index contributed by atoms with van der Waals surface area (Å²) in [6.07, 6.45) is 0. The van der Waals surface area contributed by atoms with Gasteiger partial charge in [0.05, 0.1) is 0 Å². The number of hydrogen-bond donors (Lipinski definition) is 0. The molecule has 0 aromatic carbocycles. The quantitative estimate of drug-likeness (QED) is 0.401. The fourth-order valence-electron chi connectivity index (χ4n) is 0. The van der Waals surface area contributed by atoms with Crippen LogP contribution in [0.1, 0.15) is 1.43 Å². The molecule has 39 valence electrons. The first-order chi connectivity index (χ1) is 0. The van der Waals surface area contributed by atoms with E-state index in [0.29, 0.717) is 0 Å². The van der Waals surface area contributed by atoms with Gasteiger partial charge in [-0.1, -0.05) is 0 Å². The van der Waals surface area contributed by atoms with Crippen molar-refractivity contribution in [2.75, 3.05) is 0 Å². The fraction of sp³-hybridized carbons (Fsp3) is 0. The van der Waals surface area contributed by atoms with E-state index in [1.165, 1.54) is 0 Å². The van der Waals surface area contributed by atoms with Crippen molar-refractivity contribution in [1.29, 1.82) is 0 Å². The topological polar surface area (TPSA) is 0 Å². The van der Waals surface area contributed by atoms with Crippen LogP contribution in [0.15, 0.2) is 0 Å². The van der Waals surface area contributed by atoms with E-state index in [1.54, 1.807) is 0 Å². The first-order valence-electron chi connectivity index (χ1n) is 0. The molecule has 0 aliphatic carbocycles. The summed E-state index contributed by atoms with van der Waals surface area (Å²) in [7, 11) is 0. The molecule has 0 spiro atoms.